The summed E-state index contributed by atoms with van der Waals surface area (Å²) in [6.45, 7) is 0.217. The van der Waals surface area contributed by atoms with E-state index < -0.39 is 0 Å². The van der Waals surface area contributed by atoms with E-state index in [1.807, 2.05) is 29.6 Å². The number of nitrogens with zero attached hydrogens (tertiary/aromatic N) is 1. The molecule has 0 fully saturated rings. The van der Waals surface area contributed by atoms with Gasteiger partial charge in [-0.15, -0.1) is 23.1 Å². The summed E-state index contributed by atoms with van der Waals surface area (Å²) in [7, 11) is 1.65. The third kappa shape index (κ3) is 4.40. The van der Waals surface area contributed by atoms with E-state index in [1.165, 1.54) is 11.8 Å². The molecule has 0 atom stereocenters. The predicted molar refractivity (Wildman–Crippen MR) is 111 cm³/mol. The first-order valence-electron chi connectivity index (χ1n) is 8.57. The molecule has 0 bridgehead atoms. The molecule has 1 aliphatic heterocycles. The fourth-order valence-electron chi connectivity index (χ4n) is 2.66. The summed E-state index contributed by atoms with van der Waals surface area (Å²) in [5.41, 5.74) is 2.73. The van der Waals surface area contributed by atoms with Crippen LogP contribution in [0, 0.1) is 0 Å². The van der Waals surface area contributed by atoms with E-state index in [-0.39, 0.29) is 12.7 Å². The van der Waals surface area contributed by atoms with Crippen LogP contribution in [-0.2, 0) is 10.5 Å². The van der Waals surface area contributed by atoms with Gasteiger partial charge in [0, 0.05) is 28.5 Å². The lowest BCUT2D eigenvalue weighted by Gasteiger charge is -2.05. The number of carbonyl (C=O) groups is 1. The molecule has 6 nitrogen and oxygen atoms in total. The molecule has 2 aromatic carbocycles. The number of aromatic nitrogens is 1. The van der Waals surface area contributed by atoms with Crippen molar-refractivity contribution in [3.05, 3.63) is 53.5 Å². The molecule has 144 valence electrons. The van der Waals surface area contributed by atoms with Gasteiger partial charge in [0.15, 0.2) is 11.5 Å². The van der Waals surface area contributed by atoms with Gasteiger partial charge in [-0.3, -0.25) is 4.79 Å². The van der Waals surface area contributed by atoms with Gasteiger partial charge in [-0.05, 0) is 36.4 Å². The Balaban J connectivity index is 1.27. The highest BCUT2D eigenvalue weighted by atomic mass is 32.2. The minimum Gasteiger partial charge on any atom is -0.497 e. The number of carbonyl (C=O) groups excluding carboxylic acids is 1. The molecule has 28 heavy (non-hydrogen) atoms. The normalized spacial score (nSPS) is 12.0. The molecule has 1 aromatic heterocycles. The van der Waals surface area contributed by atoms with Crippen molar-refractivity contribution in [3.63, 3.8) is 0 Å². The Labute approximate surface area is 170 Å². The number of benzene rings is 2. The summed E-state index contributed by atoms with van der Waals surface area (Å²) < 4.78 is 15.8. The summed E-state index contributed by atoms with van der Waals surface area (Å²) >= 11 is 3.13. The van der Waals surface area contributed by atoms with Gasteiger partial charge in [0.2, 0.25) is 12.7 Å². The first-order chi connectivity index (χ1) is 13.7. The number of rotatable bonds is 7. The fourth-order valence-corrected chi connectivity index (χ4v) is 4.31. The predicted octanol–water partition coefficient (Wildman–Crippen LogP) is 4.42. The van der Waals surface area contributed by atoms with Crippen LogP contribution in [0.15, 0.2) is 47.8 Å². The van der Waals surface area contributed by atoms with Crippen molar-refractivity contribution in [1.82, 2.24) is 4.98 Å². The van der Waals surface area contributed by atoms with Crippen molar-refractivity contribution < 1.29 is 19.0 Å². The lowest BCUT2D eigenvalue weighted by Crippen LogP contribution is -2.14. The average Bonchev–Trinajstić information content (AvgIpc) is 3.37. The molecule has 0 radical (unpaired) electrons. The molecule has 0 saturated heterocycles. The number of thioether (sulfide) groups is 1. The Morgan fingerprint density at radius 3 is 2.86 bits per heavy atom. The molecule has 0 saturated carbocycles. The van der Waals surface area contributed by atoms with Gasteiger partial charge in [0.1, 0.15) is 10.8 Å². The number of ether oxygens (including phenoxy) is 3. The van der Waals surface area contributed by atoms with E-state index in [2.05, 4.69) is 10.3 Å². The molecular weight excluding hydrogens is 396 g/mol. The summed E-state index contributed by atoms with van der Waals surface area (Å²) in [6, 6.07) is 13.2. The van der Waals surface area contributed by atoms with Gasteiger partial charge in [0.05, 0.1) is 18.6 Å². The molecule has 3 aromatic rings. The van der Waals surface area contributed by atoms with Crippen LogP contribution in [0.25, 0.3) is 10.6 Å². The van der Waals surface area contributed by atoms with Gasteiger partial charge in [-0.2, -0.15) is 0 Å². The number of hydrogen-bond acceptors (Lipinski definition) is 7. The van der Waals surface area contributed by atoms with Crippen molar-refractivity contribution in [2.75, 3.05) is 25.0 Å². The summed E-state index contributed by atoms with van der Waals surface area (Å²) in [5.74, 6) is 3.15. The standard InChI is InChI=1S/C20H18N2O4S2/c1-24-16-5-2-13(3-6-16)20-22-15(10-28-20)9-27-11-19(23)21-14-4-7-17-18(8-14)26-12-25-17/h2-8,10H,9,11-12H2,1H3,(H,21,23). The van der Waals surface area contributed by atoms with Crippen molar-refractivity contribution in [2.24, 2.45) is 0 Å². The zero-order valence-corrected chi connectivity index (χ0v) is 16.8. The van der Waals surface area contributed by atoms with Crippen molar-refractivity contribution in [2.45, 2.75) is 5.75 Å². The lowest BCUT2D eigenvalue weighted by molar-refractivity contribution is -0.113. The summed E-state index contributed by atoms with van der Waals surface area (Å²) in [4.78, 5) is 16.8. The minimum atomic E-state index is -0.0607. The third-order valence-corrected chi connectivity index (χ3v) is 5.93. The molecule has 0 spiro atoms. The van der Waals surface area contributed by atoms with Gasteiger partial charge < -0.3 is 19.5 Å². The fraction of sp³-hybridized carbons (Fsp3) is 0.200. The number of anilines is 1. The second-order valence-electron chi connectivity index (χ2n) is 5.98. The summed E-state index contributed by atoms with van der Waals surface area (Å²) in [5, 5.41) is 5.87. The van der Waals surface area contributed by atoms with E-state index in [0.717, 1.165) is 22.0 Å². The molecule has 0 aliphatic carbocycles. The molecule has 0 unspecified atom stereocenters. The molecule has 1 aliphatic rings. The van der Waals surface area contributed by atoms with Crippen molar-refractivity contribution >= 4 is 34.7 Å². The topological polar surface area (TPSA) is 69.7 Å². The SMILES string of the molecule is COc1ccc(-c2nc(CSCC(=O)Nc3ccc4c(c3)OCO4)cs2)cc1. The largest absolute Gasteiger partial charge is 0.497 e. The highest BCUT2D eigenvalue weighted by Gasteiger charge is 2.14. The number of nitrogens with one attached hydrogen (secondary N) is 1. The average molecular weight is 415 g/mol. The maximum absolute atomic E-state index is 12.2. The van der Waals surface area contributed by atoms with Crippen LogP contribution in [0.4, 0.5) is 5.69 Å². The van der Waals surface area contributed by atoms with Crippen LogP contribution in [0.5, 0.6) is 17.2 Å². The second kappa shape index (κ2) is 8.53. The Morgan fingerprint density at radius 1 is 1.21 bits per heavy atom. The zero-order valence-electron chi connectivity index (χ0n) is 15.1. The number of thiazole rings is 1. The van der Waals surface area contributed by atoms with Crippen LogP contribution >= 0.6 is 23.1 Å². The smallest absolute Gasteiger partial charge is 0.234 e. The number of methoxy groups -OCH3 is 1. The zero-order chi connectivity index (χ0) is 19.3. The number of amides is 1. The maximum atomic E-state index is 12.2. The maximum Gasteiger partial charge on any atom is 0.234 e. The van der Waals surface area contributed by atoms with Gasteiger partial charge in [0.25, 0.3) is 0 Å². The first kappa shape index (κ1) is 18.6. The van der Waals surface area contributed by atoms with E-state index >= 15 is 0 Å². The van der Waals surface area contributed by atoms with Crippen molar-refractivity contribution in [3.8, 4) is 27.8 Å². The molecule has 2 heterocycles. The number of fused-ring (bicyclic) bond motifs is 1. The Morgan fingerprint density at radius 2 is 2.04 bits per heavy atom. The quantitative estimate of drug-likeness (QED) is 0.617. The monoisotopic (exact) mass is 414 g/mol. The van der Waals surface area contributed by atoms with Crippen LogP contribution in [0.3, 0.4) is 0 Å². The summed E-state index contributed by atoms with van der Waals surface area (Å²) in [6.07, 6.45) is 0. The van der Waals surface area contributed by atoms with Crippen LogP contribution in [0.2, 0.25) is 0 Å². The minimum absolute atomic E-state index is 0.0607. The van der Waals surface area contributed by atoms with Crippen LogP contribution in [0.1, 0.15) is 5.69 Å². The second-order valence-corrected chi connectivity index (χ2v) is 7.83. The van der Waals surface area contributed by atoms with Crippen LogP contribution < -0.4 is 19.5 Å². The molecule has 1 amide bonds. The number of hydrogen-bond donors (Lipinski definition) is 1. The Bertz CT molecular complexity index is 973. The van der Waals surface area contributed by atoms with Gasteiger partial charge >= 0.3 is 0 Å². The van der Waals surface area contributed by atoms with Crippen molar-refractivity contribution in [1.29, 1.82) is 0 Å². The Hall–Kier alpha value is -2.71. The van der Waals surface area contributed by atoms with E-state index in [4.69, 9.17) is 14.2 Å². The molecule has 1 N–H and O–H groups in total. The molecule has 4 rings (SSSR count). The molecular formula is C20H18N2O4S2. The first-order valence-corrected chi connectivity index (χ1v) is 10.6. The Kier molecular flexibility index (Phi) is 5.68. The van der Waals surface area contributed by atoms with Crippen LogP contribution in [-0.4, -0.2) is 30.5 Å². The highest BCUT2D eigenvalue weighted by Crippen LogP contribution is 2.34. The third-order valence-electron chi connectivity index (χ3n) is 4.03. The molecule has 8 heteroatoms. The van der Waals surface area contributed by atoms with E-state index in [9.17, 15) is 4.79 Å². The van der Waals surface area contributed by atoms with Gasteiger partial charge in [-0.25, -0.2) is 4.98 Å². The highest BCUT2D eigenvalue weighted by molar-refractivity contribution is 7.99. The van der Waals surface area contributed by atoms with E-state index in [1.54, 1.807) is 36.6 Å². The van der Waals surface area contributed by atoms with Gasteiger partial charge in [-0.1, -0.05) is 0 Å². The lowest BCUT2D eigenvalue weighted by atomic mass is 10.2. The van der Waals surface area contributed by atoms with E-state index in [0.29, 0.717) is 28.7 Å².